The van der Waals surface area contributed by atoms with E-state index in [0.29, 0.717) is 5.41 Å². The molecule has 0 rings (SSSR count). The van der Waals surface area contributed by atoms with Gasteiger partial charge in [0.25, 0.3) is 0 Å². The standard InChI is InChI=1S/C15H34N2/c1-4-11-15(2,3)14-17-13-10-8-6-5-7-9-12-16/h17H,4-14,16H2,1-3H3. The van der Waals surface area contributed by atoms with Gasteiger partial charge in [0.1, 0.15) is 0 Å². The second-order valence-electron chi connectivity index (χ2n) is 6.00. The highest BCUT2D eigenvalue weighted by atomic mass is 14.9. The first kappa shape index (κ1) is 16.9. The van der Waals surface area contributed by atoms with Gasteiger partial charge in [-0.15, -0.1) is 0 Å². The van der Waals surface area contributed by atoms with Gasteiger partial charge in [-0.05, 0) is 37.8 Å². The largest absolute Gasteiger partial charge is 0.330 e. The normalized spacial score (nSPS) is 12.0. The zero-order chi connectivity index (χ0) is 13.0. The Morgan fingerprint density at radius 2 is 1.53 bits per heavy atom. The molecule has 17 heavy (non-hydrogen) atoms. The second kappa shape index (κ2) is 11.0. The summed E-state index contributed by atoms with van der Waals surface area (Å²) in [4.78, 5) is 0. The van der Waals surface area contributed by atoms with E-state index < -0.39 is 0 Å². The molecule has 104 valence electrons. The van der Waals surface area contributed by atoms with E-state index in [1.54, 1.807) is 0 Å². The first-order valence-corrected chi connectivity index (χ1v) is 7.53. The molecule has 0 saturated carbocycles. The Hall–Kier alpha value is -0.0800. The molecule has 0 fully saturated rings. The van der Waals surface area contributed by atoms with Gasteiger partial charge < -0.3 is 11.1 Å². The molecule has 0 aromatic carbocycles. The van der Waals surface area contributed by atoms with Crippen LogP contribution in [0.3, 0.4) is 0 Å². The molecule has 0 aliphatic rings. The molecule has 0 atom stereocenters. The van der Waals surface area contributed by atoms with Crippen LogP contribution >= 0.6 is 0 Å². The van der Waals surface area contributed by atoms with Gasteiger partial charge >= 0.3 is 0 Å². The molecule has 0 heterocycles. The molecular formula is C15H34N2. The Balaban J connectivity index is 3.18. The number of nitrogens with one attached hydrogen (secondary N) is 1. The molecule has 0 aromatic heterocycles. The Bertz CT molecular complexity index is 155. The van der Waals surface area contributed by atoms with Crippen molar-refractivity contribution in [3.63, 3.8) is 0 Å². The summed E-state index contributed by atoms with van der Waals surface area (Å²) >= 11 is 0. The number of unbranched alkanes of at least 4 members (excludes halogenated alkanes) is 5. The number of nitrogens with two attached hydrogens (primary N) is 1. The van der Waals surface area contributed by atoms with Crippen molar-refractivity contribution >= 4 is 0 Å². The quantitative estimate of drug-likeness (QED) is 0.512. The van der Waals surface area contributed by atoms with Crippen molar-refractivity contribution in [1.29, 1.82) is 0 Å². The fourth-order valence-electron chi connectivity index (χ4n) is 2.29. The van der Waals surface area contributed by atoms with Gasteiger partial charge in [-0.1, -0.05) is 52.9 Å². The maximum atomic E-state index is 5.46. The van der Waals surface area contributed by atoms with Crippen molar-refractivity contribution in [3.8, 4) is 0 Å². The molecule has 0 aliphatic carbocycles. The highest BCUT2D eigenvalue weighted by Crippen LogP contribution is 2.20. The minimum atomic E-state index is 0.468. The van der Waals surface area contributed by atoms with E-state index in [9.17, 15) is 0 Å². The summed E-state index contributed by atoms with van der Waals surface area (Å²) in [5, 5.41) is 3.59. The van der Waals surface area contributed by atoms with Gasteiger partial charge in [0, 0.05) is 6.54 Å². The Kier molecular flexibility index (Phi) is 11.0. The van der Waals surface area contributed by atoms with Crippen LogP contribution in [0.2, 0.25) is 0 Å². The zero-order valence-corrected chi connectivity index (χ0v) is 12.4. The summed E-state index contributed by atoms with van der Waals surface area (Å²) in [5.41, 5.74) is 5.93. The van der Waals surface area contributed by atoms with Gasteiger partial charge in [0.2, 0.25) is 0 Å². The lowest BCUT2D eigenvalue weighted by molar-refractivity contribution is 0.310. The van der Waals surface area contributed by atoms with Crippen LogP contribution in [0.5, 0.6) is 0 Å². The monoisotopic (exact) mass is 242 g/mol. The molecule has 0 aromatic rings. The van der Waals surface area contributed by atoms with E-state index in [1.807, 2.05) is 0 Å². The summed E-state index contributed by atoms with van der Waals surface area (Å²) in [5.74, 6) is 0. The minimum Gasteiger partial charge on any atom is -0.330 e. The van der Waals surface area contributed by atoms with E-state index in [2.05, 4.69) is 26.1 Å². The first-order valence-electron chi connectivity index (χ1n) is 7.53. The summed E-state index contributed by atoms with van der Waals surface area (Å²) in [6.07, 6.45) is 10.5. The van der Waals surface area contributed by atoms with Crippen molar-refractivity contribution < 1.29 is 0 Å². The van der Waals surface area contributed by atoms with Crippen LogP contribution in [-0.2, 0) is 0 Å². The summed E-state index contributed by atoms with van der Waals surface area (Å²) in [7, 11) is 0. The lowest BCUT2D eigenvalue weighted by Gasteiger charge is -2.24. The molecule has 0 amide bonds. The molecule has 3 N–H and O–H groups in total. The first-order chi connectivity index (χ1) is 8.12. The van der Waals surface area contributed by atoms with E-state index in [1.165, 1.54) is 57.9 Å². The number of rotatable bonds is 12. The number of hydrogen-bond donors (Lipinski definition) is 2. The van der Waals surface area contributed by atoms with E-state index in [4.69, 9.17) is 5.73 Å². The molecule has 2 nitrogen and oxygen atoms in total. The highest BCUT2D eigenvalue weighted by molar-refractivity contribution is 4.70. The van der Waals surface area contributed by atoms with Crippen LogP contribution in [0.4, 0.5) is 0 Å². The number of hydrogen-bond acceptors (Lipinski definition) is 2. The van der Waals surface area contributed by atoms with Gasteiger partial charge in [-0.3, -0.25) is 0 Å². The van der Waals surface area contributed by atoms with E-state index >= 15 is 0 Å². The van der Waals surface area contributed by atoms with Gasteiger partial charge in [-0.2, -0.15) is 0 Å². The van der Waals surface area contributed by atoms with Crippen LogP contribution in [0.1, 0.15) is 72.1 Å². The highest BCUT2D eigenvalue weighted by Gasteiger charge is 2.15. The molecule has 0 aliphatic heterocycles. The predicted octanol–water partition coefficient (Wildman–Crippen LogP) is 3.70. The van der Waals surface area contributed by atoms with Crippen LogP contribution < -0.4 is 11.1 Å². The zero-order valence-electron chi connectivity index (χ0n) is 12.4. The second-order valence-corrected chi connectivity index (χ2v) is 6.00. The fourth-order valence-corrected chi connectivity index (χ4v) is 2.29. The SMILES string of the molecule is CCCC(C)(C)CNCCCCCCCCN. The fraction of sp³-hybridized carbons (Fsp3) is 1.00. The molecule has 0 saturated heterocycles. The molecule has 0 spiro atoms. The third kappa shape index (κ3) is 12.2. The predicted molar refractivity (Wildman–Crippen MR) is 78.3 cm³/mol. The topological polar surface area (TPSA) is 38.0 Å². The van der Waals surface area contributed by atoms with E-state index in [0.717, 1.165) is 13.1 Å². The third-order valence-electron chi connectivity index (χ3n) is 3.34. The molecule has 2 heteroatoms. The lowest BCUT2D eigenvalue weighted by atomic mass is 9.88. The molecule has 0 radical (unpaired) electrons. The van der Waals surface area contributed by atoms with Gasteiger partial charge in [-0.25, -0.2) is 0 Å². The smallest absolute Gasteiger partial charge is 0.000251 e. The van der Waals surface area contributed by atoms with Crippen molar-refractivity contribution in [3.05, 3.63) is 0 Å². The Morgan fingerprint density at radius 3 is 2.12 bits per heavy atom. The minimum absolute atomic E-state index is 0.468. The van der Waals surface area contributed by atoms with Crippen molar-refractivity contribution in [1.82, 2.24) is 5.32 Å². The molecule has 0 unspecified atom stereocenters. The van der Waals surface area contributed by atoms with Crippen molar-refractivity contribution in [2.45, 2.75) is 72.1 Å². The van der Waals surface area contributed by atoms with Crippen molar-refractivity contribution in [2.75, 3.05) is 19.6 Å². The maximum absolute atomic E-state index is 5.46. The average molecular weight is 242 g/mol. The molecular weight excluding hydrogens is 208 g/mol. The summed E-state index contributed by atoms with van der Waals surface area (Å²) in [6.45, 7) is 10.2. The van der Waals surface area contributed by atoms with Crippen LogP contribution in [0.15, 0.2) is 0 Å². The average Bonchev–Trinajstić information content (AvgIpc) is 2.27. The Labute approximate surface area is 109 Å². The molecule has 0 bridgehead atoms. The maximum Gasteiger partial charge on any atom is 0.000251 e. The summed E-state index contributed by atoms with van der Waals surface area (Å²) in [6, 6.07) is 0. The Morgan fingerprint density at radius 1 is 0.941 bits per heavy atom. The third-order valence-corrected chi connectivity index (χ3v) is 3.34. The van der Waals surface area contributed by atoms with Crippen LogP contribution in [0.25, 0.3) is 0 Å². The summed E-state index contributed by atoms with van der Waals surface area (Å²) < 4.78 is 0. The van der Waals surface area contributed by atoms with E-state index in [-0.39, 0.29) is 0 Å². The van der Waals surface area contributed by atoms with Crippen molar-refractivity contribution in [2.24, 2.45) is 11.1 Å². The van der Waals surface area contributed by atoms with Crippen LogP contribution in [-0.4, -0.2) is 19.6 Å². The van der Waals surface area contributed by atoms with Crippen LogP contribution in [0, 0.1) is 5.41 Å². The van der Waals surface area contributed by atoms with Gasteiger partial charge in [0.15, 0.2) is 0 Å². The lowest BCUT2D eigenvalue weighted by Crippen LogP contribution is -2.29. The van der Waals surface area contributed by atoms with Gasteiger partial charge in [0.05, 0.1) is 0 Å².